The molecule has 206 valence electrons. The van der Waals surface area contributed by atoms with E-state index in [4.69, 9.17) is 21.1 Å². The van der Waals surface area contributed by atoms with Gasteiger partial charge >= 0.3 is 6.03 Å². The normalized spacial score (nSPS) is 14.3. The van der Waals surface area contributed by atoms with E-state index in [0.29, 0.717) is 26.3 Å². The number of imide groups is 2. The van der Waals surface area contributed by atoms with Gasteiger partial charge in [0.1, 0.15) is 5.57 Å². The number of aryl methyl sites for hydroxylation is 1. The van der Waals surface area contributed by atoms with Crippen LogP contribution >= 0.6 is 27.5 Å². The number of nitrogens with zero attached hydrogens (tertiary/aromatic N) is 1. The molecule has 3 aromatic carbocycles. The smallest absolute Gasteiger partial charge is 0.335 e. The summed E-state index contributed by atoms with van der Waals surface area (Å²) in [6, 6.07) is 14.5. The third-order valence-electron chi connectivity index (χ3n) is 5.91. The van der Waals surface area contributed by atoms with E-state index < -0.39 is 17.8 Å². The Hall–Kier alpha value is -4.15. The molecule has 0 spiro atoms. The molecule has 1 fully saturated rings. The number of carbonyl (C=O) groups excluding carboxylic acids is 4. The van der Waals surface area contributed by atoms with E-state index in [1.54, 1.807) is 56.3 Å². The highest BCUT2D eigenvalue weighted by Crippen LogP contribution is 2.38. The summed E-state index contributed by atoms with van der Waals surface area (Å²) in [5, 5.41) is 5.33. The van der Waals surface area contributed by atoms with Crippen molar-refractivity contribution in [1.82, 2.24) is 5.32 Å². The molecule has 1 aliphatic rings. The van der Waals surface area contributed by atoms with Crippen LogP contribution in [0.3, 0.4) is 0 Å². The number of nitrogens with one attached hydrogen (secondary N) is 2. The van der Waals surface area contributed by atoms with Crippen molar-refractivity contribution in [2.75, 3.05) is 23.4 Å². The van der Waals surface area contributed by atoms with Gasteiger partial charge in [-0.1, -0.05) is 35.4 Å². The van der Waals surface area contributed by atoms with Crippen molar-refractivity contribution in [3.8, 4) is 11.5 Å². The molecule has 0 atom stereocenters. The molecule has 1 aliphatic heterocycles. The van der Waals surface area contributed by atoms with Crippen LogP contribution in [0.5, 0.6) is 11.5 Å². The van der Waals surface area contributed by atoms with Gasteiger partial charge in [0.15, 0.2) is 18.1 Å². The highest BCUT2D eigenvalue weighted by molar-refractivity contribution is 9.10. The molecule has 0 bridgehead atoms. The van der Waals surface area contributed by atoms with Gasteiger partial charge in [-0.15, -0.1) is 0 Å². The first-order valence-corrected chi connectivity index (χ1v) is 13.4. The van der Waals surface area contributed by atoms with Crippen molar-refractivity contribution in [1.29, 1.82) is 0 Å². The summed E-state index contributed by atoms with van der Waals surface area (Å²) >= 11 is 9.62. The number of rotatable bonds is 8. The Morgan fingerprint density at radius 1 is 1.07 bits per heavy atom. The summed E-state index contributed by atoms with van der Waals surface area (Å²) in [7, 11) is 0. The molecule has 4 rings (SSSR count). The first-order valence-electron chi connectivity index (χ1n) is 12.2. The monoisotopic (exact) mass is 625 g/mol. The van der Waals surface area contributed by atoms with Gasteiger partial charge in [0.05, 0.1) is 16.8 Å². The molecule has 40 heavy (non-hydrogen) atoms. The lowest BCUT2D eigenvalue weighted by atomic mass is 10.1. The minimum atomic E-state index is -0.874. The van der Waals surface area contributed by atoms with Crippen LogP contribution in [0.25, 0.3) is 6.08 Å². The minimum absolute atomic E-state index is 0.261. The zero-order chi connectivity index (χ0) is 29.0. The van der Waals surface area contributed by atoms with Crippen molar-refractivity contribution in [2.45, 2.75) is 20.8 Å². The highest BCUT2D eigenvalue weighted by Gasteiger charge is 2.37. The SMILES string of the molecule is CCOc1cc(/C=C2\C(=O)NC(=O)N(c3cccc(Cl)c3C)C2=O)cc(Br)c1OCC(=O)Nc1ccc(C)cc1. The third-order valence-corrected chi connectivity index (χ3v) is 6.91. The number of hydrogen-bond acceptors (Lipinski definition) is 6. The summed E-state index contributed by atoms with van der Waals surface area (Å²) in [6.07, 6.45) is 1.35. The number of anilines is 2. The Balaban J connectivity index is 1.60. The van der Waals surface area contributed by atoms with E-state index in [2.05, 4.69) is 26.6 Å². The lowest BCUT2D eigenvalue weighted by Gasteiger charge is -2.27. The minimum Gasteiger partial charge on any atom is -0.490 e. The predicted molar refractivity (Wildman–Crippen MR) is 156 cm³/mol. The van der Waals surface area contributed by atoms with Crippen LogP contribution in [0, 0.1) is 13.8 Å². The van der Waals surface area contributed by atoms with Gasteiger partial charge in [0, 0.05) is 10.7 Å². The van der Waals surface area contributed by atoms with Crippen LogP contribution in [-0.2, 0) is 14.4 Å². The molecular weight excluding hydrogens is 602 g/mol. The Morgan fingerprint density at radius 3 is 2.50 bits per heavy atom. The van der Waals surface area contributed by atoms with Gasteiger partial charge in [-0.25, -0.2) is 9.69 Å². The quantitative estimate of drug-likeness (QED) is 0.241. The highest BCUT2D eigenvalue weighted by atomic mass is 79.9. The van der Waals surface area contributed by atoms with Crippen molar-refractivity contribution < 1.29 is 28.7 Å². The molecule has 1 saturated heterocycles. The summed E-state index contributed by atoms with van der Waals surface area (Å²) in [5.41, 5.74) is 2.64. The predicted octanol–water partition coefficient (Wildman–Crippen LogP) is 5.80. The standard InChI is InChI=1S/C29H25BrClN3O6/c1-4-39-24-14-18(13-21(30)26(24)40-15-25(35)32-19-10-8-16(2)9-11-19)12-20-27(36)33-29(38)34(28(20)37)23-7-5-6-22(31)17(23)3/h5-14H,4,15H2,1-3H3,(H,32,35)(H,33,36,38)/b20-12+. The zero-order valence-corrected chi connectivity index (χ0v) is 24.2. The van der Waals surface area contributed by atoms with Crippen molar-refractivity contribution >= 4 is 68.7 Å². The molecule has 0 aliphatic carbocycles. The van der Waals surface area contributed by atoms with Crippen LogP contribution < -0.4 is 25.0 Å². The Morgan fingerprint density at radius 2 is 1.80 bits per heavy atom. The lowest BCUT2D eigenvalue weighted by Crippen LogP contribution is -2.54. The fraction of sp³-hybridized carbons (Fsp3) is 0.172. The zero-order valence-electron chi connectivity index (χ0n) is 21.8. The van der Waals surface area contributed by atoms with Crippen molar-refractivity contribution in [3.63, 3.8) is 0 Å². The summed E-state index contributed by atoms with van der Waals surface area (Å²) < 4.78 is 11.9. The molecule has 9 nitrogen and oxygen atoms in total. The fourth-order valence-electron chi connectivity index (χ4n) is 3.93. The number of barbiturate groups is 1. The van der Waals surface area contributed by atoms with Gasteiger partial charge in [-0.05, 0) is 90.3 Å². The third kappa shape index (κ3) is 6.35. The Kier molecular flexibility index (Phi) is 8.91. The molecule has 2 N–H and O–H groups in total. The Bertz CT molecular complexity index is 1540. The maximum atomic E-state index is 13.3. The van der Waals surface area contributed by atoms with Crippen molar-refractivity contribution in [2.24, 2.45) is 0 Å². The largest absolute Gasteiger partial charge is 0.490 e. The number of hydrogen-bond donors (Lipinski definition) is 2. The molecule has 0 radical (unpaired) electrons. The van der Waals surface area contributed by atoms with E-state index in [1.165, 1.54) is 6.08 Å². The molecule has 11 heteroatoms. The van der Waals surface area contributed by atoms with Crippen LogP contribution in [0.15, 0.2) is 64.6 Å². The molecule has 1 heterocycles. The van der Waals surface area contributed by atoms with Gasteiger partial charge < -0.3 is 14.8 Å². The number of carbonyl (C=O) groups is 4. The number of amides is 5. The van der Waals surface area contributed by atoms with Gasteiger partial charge in [-0.2, -0.15) is 0 Å². The van der Waals surface area contributed by atoms with Gasteiger partial charge in [-0.3, -0.25) is 19.7 Å². The molecule has 5 amide bonds. The van der Waals surface area contributed by atoms with Crippen LogP contribution in [0.2, 0.25) is 5.02 Å². The number of urea groups is 1. The fourth-order valence-corrected chi connectivity index (χ4v) is 4.67. The van der Waals surface area contributed by atoms with Crippen LogP contribution in [0.1, 0.15) is 23.6 Å². The van der Waals surface area contributed by atoms with E-state index in [-0.39, 0.29) is 41.9 Å². The molecule has 0 unspecified atom stereocenters. The second kappa shape index (κ2) is 12.4. The van der Waals surface area contributed by atoms with Crippen LogP contribution in [0.4, 0.5) is 16.2 Å². The van der Waals surface area contributed by atoms with Gasteiger partial charge in [0.25, 0.3) is 17.7 Å². The maximum Gasteiger partial charge on any atom is 0.335 e. The number of benzene rings is 3. The summed E-state index contributed by atoms with van der Waals surface area (Å²) in [4.78, 5) is 51.9. The van der Waals surface area contributed by atoms with E-state index in [0.717, 1.165) is 10.5 Å². The van der Waals surface area contributed by atoms with Crippen molar-refractivity contribution in [3.05, 3.63) is 86.4 Å². The van der Waals surface area contributed by atoms with Crippen LogP contribution in [-0.4, -0.2) is 37.0 Å². The van der Waals surface area contributed by atoms with E-state index in [1.807, 2.05) is 19.1 Å². The van der Waals surface area contributed by atoms with Gasteiger partial charge in [0.2, 0.25) is 0 Å². The molecular formula is C29H25BrClN3O6. The van der Waals surface area contributed by atoms with E-state index >= 15 is 0 Å². The lowest BCUT2D eigenvalue weighted by molar-refractivity contribution is -0.122. The first-order chi connectivity index (χ1) is 19.1. The molecule has 0 aromatic heterocycles. The average Bonchev–Trinajstić information content (AvgIpc) is 2.90. The average molecular weight is 627 g/mol. The summed E-state index contributed by atoms with van der Waals surface area (Å²) in [5.74, 6) is -1.45. The Labute approximate surface area is 244 Å². The number of halogens is 2. The molecule has 3 aromatic rings. The number of ether oxygens (including phenoxy) is 2. The second-order valence-electron chi connectivity index (χ2n) is 8.81. The maximum absolute atomic E-state index is 13.3. The molecule has 0 saturated carbocycles. The van der Waals surface area contributed by atoms with E-state index in [9.17, 15) is 19.2 Å². The second-order valence-corrected chi connectivity index (χ2v) is 10.1. The summed E-state index contributed by atoms with van der Waals surface area (Å²) in [6.45, 7) is 5.40. The first kappa shape index (κ1) is 28.8. The topological polar surface area (TPSA) is 114 Å².